The fourth-order valence-electron chi connectivity index (χ4n) is 3.06. The van der Waals surface area contributed by atoms with Gasteiger partial charge in [0, 0.05) is 11.3 Å². The molecule has 1 aliphatic rings. The first kappa shape index (κ1) is 13.0. The van der Waals surface area contributed by atoms with E-state index in [9.17, 15) is 0 Å². The van der Waals surface area contributed by atoms with Gasteiger partial charge in [-0.05, 0) is 35.8 Å². The van der Waals surface area contributed by atoms with Crippen molar-refractivity contribution in [1.29, 1.82) is 0 Å². The van der Waals surface area contributed by atoms with Gasteiger partial charge in [-0.3, -0.25) is 0 Å². The molecule has 3 aromatic rings. The minimum absolute atomic E-state index is 0.351. The van der Waals surface area contributed by atoms with E-state index in [4.69, 9.17) is 4.98 Å². The molecule has 0 radical (unpaired) electrons. The van der Waals surface area contributed by atoms with E-state index in [0.29, 0.717) is 5.92 Å². The third kappa shape index (κ3) is 2.25. The van der Waals surface area contributed by atoms with E-state index < -0.39 is 0 Å². The summed E-state index contributed by atoms with van der Waals surface area (Å²) in [6, 6.07) is 21.1. The van der Waals surface area contributed by atoms with Crippen molar-refractivity contribution in [3.8, 4) is 0 Å². The normalized spacial score (nSPS) is 17.0. The van der Waals surface area contributed by atoms with E-state index in [2.05, 4.69) is 73.7 Å². The number of pyridine rings is 1. The Morgan fingerprint density at radius 2 is 1.68 bits per heavy atom. The average molecular weight is 283 g/mol. The molecule has 0 saturated heterocycles. The fourth-order valence-corrected chi connectivity index (χ4v) is 3.06. The smallest absolute Gasteiger partial charge is 0.0709 e. The molecule has 0 aliphatic heterocycles. The third-order valence-corrected chi connectivity index (χ3v) is 4.28. The van der Waals surface area contributed by atoms with Crippen molar-refractivity contribution in [2.45, 2.75) is 12.8 Å². The third-order valence-electron chi connectivity index (χ3n) is 4.28. The largest absolute Gasteiger partial charge is 0.248 e. The topological polar surface area (TPSA) is 12.9 Å². The van der Waals surface area contributed by atoms with Crippen molar-refractivity contribution in [2.75, 3.05) is 0 Å². The van der Waals surface area contributed by atoms with Gasteiger partial charge in [0.15, 0.2) is 0 Å². The van der Waals surface area contributed by atoms with Crippen LogP contribution >= 0.6 is 0 Å². The Hall–Kier alpha value is -2.67. The van der Waals surface area contributed by atoms with Crippen LogP contribution in [-0.2, 0) is 0 Å². The number of nitrogens with zero attached hydrogens (tertiary/aromatic N) is 1. The van der Waals surface area contributed by atoms with Crippen LogP contribution in [0.3, 0.4) is 0 Å². The van der Waals surface area contributed by atoms with E-state index >= 15 is 0 Å². The lowest BCUT2D eigenvalue weighted by atomic mass is 9.96. The number of rotatable bonds is 2. The first-order valence-electron chi connectivity index (χ1n) is 7.63. The summed E-state index contributed by atoms with van der Waals surface area (Å²) in [6.45, 7) is 2.17. The van der Waals surface area contributed by atoms with Crippen LogP contribution in [0.5, 0.6) is 0 Å². The minimum atomic E-state index is 0.351. The van der Waals surface area contributed by atoms with Crippen molar-refractivity contribution < 1.29 is 0 Å². The Kier molecular flexibility index (Phi) is 3.12. The Labute approximate surface area is 130 Å². The first-order valence-corrected chi connectivity index (χ1v) is 7.63. The van der Waals surface area contributed by atoms with Gasteiger partial charge in [-0.1, -0.05) is 66.8 Å². The number of benzene rings is 2. The molecular formula is C21H17N. The summed E-state index contributed by atoms with van der Waals surface area (Å²) in [6.07, 6.45) is 6.75. The van der Waals surface area contributed by atoms with Gasteiger partial charge in [-0.25, -0.2) is 4.98 Å². The molecule has 0 bridgehead atoms. The number of para-hydroxylation sites is 1. The Morgan fingerprint density at radius 3 is 2.59 bits per heavy atom. The van der Waals surface area contributed by atoms with Crippen LogP contribution < -0.4 is 0 Å². The van der Waals surface area contributed by atoms with Crippen molar-refractivity contribution in [3.05, 3.63) is 95.7 Å². The molecule has 0 N–H and O–H groups in total. The summed E-state index contributed by atoms with van der Waals surface area (Å²) < 4.78 is 0. The summed E-state index contributed by atoms with van der Waals surface area (Å²) in [5.41, 5.74) is 6.01. The van der Waals surface area contributed by atoms with Crippen molar-refractivity contribution in [2.24, 2.45) is 0 Å². The van der Waals surface area contributed by atoms with Crippen molar-refractivity contribution in [1.82, 2.24) is 4.98 Å². The standard InChI is InChI=1S/C21H17N/c1-15-6-2-4-8-19(15)17-10-11-18(14-17)21-13-12-16-7-3-5-9-20(16)22-21/h2-14,17H,1H3. The van der Waals surface area contributed by atoms with E-state index in [0.717, 1.165) is 11.2 Å². The molecule has 1 nitrogen and oxygen atoms in total. The van der Waals surface area contributed by atoms with Gasteiger partial charge in [0.05, 0.1) is 11.2 Å². The predicted octanol–water partition coefficient (Wildman–Crippen LogP) is 5.28. The number of hydrogen-bond acceptors (Lipinski definition) is 1. The monoisotopic (exact) mass is 283 g/mol. The summed E-state index contributed by atoms with van der Waals surface area (Å²) >= 11 is 0. The maximum Gasteiger partial charge on any atom is 0.0709 e. The lowest BCUT2D eigenvalue weighted by Crippen LogP contribution is -1.92. The van der Waals surface area contributed by atoms with E-state index in [1.54, 1.807) is 0 Å². The zero-order valence-electron chi connectivity index (χ0n) is 12.5. The maximum atomic E-state index is 4.79. The molecule has 1 unspecified atom stereocenters. The molecular weight excluding hydrogens is 266 g/mol. The summed E-state index contributed by atoms with van der Waals surface area (Å²) in [4.78, 5) is 4.79. The Morgan fingerprint density at radius 1 is 0.864 bits per heavy atom. The van der Waals surface area contributed by atoms with E-state index in [1.807, 2.05) is 12.1 Å². The Balaban J connectivity index is 1.72. The van der Waals surface area contributed by atoms with Gasteiger partial charge >= 0.3 is 0 Å². The van der Waals surface area contributed by atoms with Gasteiger partial charge in [0.2, 0.25) is 0 Å². The van der Waals surface area contributed by atoms with Crippen LogP contribution in [0.15, 0.2) is 78.9 Å². The lowest BCUT2D eigenvalue weighted by Gasteiger charge is -2.09. The van der Waals surface area contributed by atoms with E-state index in [-0.39, 0.29) is 0 Å². The zero-order valence-corrected chi connectivity index (χ0v) is 12.5. The molecule has 1 heteroatoms. The second-order valence-corrected chi connectivity index (χ2v) is 5.75. The number of aromatic nitrogens is 1. The average Bonchev–Trinajstić information content (AvgIpc) is 3.04. The highest BCUT2D eigenvalue weighted by Crippen LogP contribution is 2.32. The number of aryl methyl sites for hydroxylation is 1. The van der Waals surface area contributed by atoms with Crippen molar-refractivity contribution in [3.63, 3.8) is 0 Å². The van der Waals surface area contributed by atoms with E-state index in [1.165, 1.54) is 22.1 Å². The summed E-state index contributed by atoms with van der Waals surface area (Å²) in [5, 5.41) is 1.18. The van der Waals surface area contributed by atoms with Gasteiger partial charge in [-0.2, -0.15) is 0 Å². The molecule has 1 aromatic heterocycles. The lowest BCUT2D eigenvalue weighted by molar-refractivity contribution is 1.08. The summed E-state index contributed by atoms with van der Waals surface area (Å²) in [5.74, 6) is 0.351. The molecule has 0 spiro atoms. The predicted molar refractivity (Wildman–Crippen MR) is 92.8 cm³/mol. The second-order valence-electron chi connectivity index (χ2n) is 5.75. The maximum absolute atomic E-state index is 4.79. The highest BCUT2D eigenvalue weighted by Gasteiger charge is 2.15. The molecule has 106 valence electrons. The van der Waals surface area contributed by atoms with Gasteiger partial charge < -0.3 is 0 Å². The highest BCUT2D eigenvalue weighted by molar-refractivity contribution is 5.83. The van der Waals surface area contributed by atoms with Crippen LogP contribution in [0.2, 0.25) is 0 Å². The number of allylic oxidation sites excluding steroid dienone is 4. The van der Waals surface area contributed by atoms with Crippen LogP contribution in [-0.4, -0.2) is 4.98 Å². The number of hydrogen-bond donors (Lipinski definition) is 0. The van der Waals surface area contributed by atoms with Crippen LogP contribution in [0.4, 0.5) is 0 Å². The number of fused-ring (bicyclic) bond motifs is 1. The highest BCUT2D eigenvalue weighted by atomic mass is 14.7. The molecule has 1 aliphatic carbocycles. The van der Waals surface area contributed by atoms with Crippen LogP contribution in [0.25, 0.3) is 16.5 Å². The minimum Gasteiger partial charge on any atom is -0.248 e. The van der Waals surface area contributed by atoms with Gasteiger partial charge in [0.25, 0.3) is 0 Å². The fraction of sp³-hybridized carbons (Fsp3) is 0.0952. The van der Waals surface area contributed by atoms with Crippen molar-refractivity contribution >= 4 is 16.5 Å². The zero-order chi connectivity index (χ0) is 14.9. The van der Waals surface area contributed by atoms with Crippen LogP contribution in [0.1, 0.15) is 22.7 Å². The van der Waals surface area contributed by atoms with Gasteiger partial charge in [-0.15, -0.1) is 0 Å². The summed E-state index contributed by atoms with van der Waals surface area (Å²) in [7, 11) is 0. The molecule has 4 rings (SSSR count). The molecule has 1 atom stereocenters. The van der Waals surface area contributed by atoms with Crippen LogP contribution in [0, 0.1) is 6.92 Å². The molecule has 0 amide bonds. The second kappa shape index (κ2) is 5.27. The SMILES string of the molecule is Cc1ccccc1C1C=CC(c2ccc3ccccc3n2)=C1. The molecule has 22 heavy (non-hydrogen) atoms. The molecule has 0 saturated carbocycles. The first-order chi connectivity index (χ1) is 10.8. The Bertz CT molecular complexity index is 902. The molecule has 2 aromatic carbocycles. The quantitative estimate of drug-likeness (QED) is 0.623. The van der Waals surface area contributed by atoms with Gasteiger partial charge in [0.1, 0.15) is 0 Å². The molecule has 1 heterocycles. The molecule has 0 fully saturated rings.